The van der Waals surface area contributed by atoms with Crippen molar-refractivity contribution in [2.24, 2.45) is 0 Å². The summed E-state index contributed by atoms with van der Waals surface area (Å²) in [5, 5.41) is 0.349. The Labute approximate surface area is 76.3 Å². The zero-order valence-corrected chi connectivity index (χ0v) is 9.81. The molecule has 2 nitrogen and oxygen atoms in total. The Morgan fingerprint density at radius 1 is 1.08 bits per heavy atom. The highest BCUT2D eigenvalue weighted by Crippen LogP contribution is 2.40. The van der Waals surface area contributed by atoms with Gasteiger partial charge in [0.15, 0.2) is 0 Å². The average Bonchev–Trinajstić information content (AvgIpc) is 2.34. The van der Waals surface area contributed by atoms with Crippen LogP contribution in [-0.2, 0) is 9.47 Å². The smallest absolute Gasteiger partial charge is 0.141 e. The van der Waals surface area contributed by atoms with Crippen molar-refractivity contribution in [1.29, 1.82) is 0 Å². The van der Waals surface area contributed by atoms with Crippen molar-refractivity contribution >= 4 is 8.07 Å². The highest BCUT2D eigenvalue weighted by atomic mass is 28.3. The third kappa shape index (κ3) is 1.73. The van der Waals surface area contributed by atoms with Gasteiger partial charge in [-0.3, -0.25) is 0 Å². The van der Waals surface area contributed by atoms with E-state index in [2.05, 4.69) is 33.9 Å². The van der Waals surface area contributed by atoms with Crippen LogP contribution in [0, 0.1) is 0 Å². The SMILES string of the molecule is CC(C)(C)[Si](C)(C)C1OCCO1. The minimum Gasteiger partial charge on any atom is -0.354 e. The van der Waals surface area contributed by atoms with Gasteiger partial charge in [-0.15, -0.1) is 0 Å². The van der Waals surface area contributed by atoms with Gasteiger partial charge in [0.25, 0.3) is 0 Å². The van der Waals surface area contributed by atoms with Gasteiger partial charge in [-0.1, -0.05) is 33.9 Å². The topological polar surface area (TPSA) is 18.5 Å². The van der Waals surface area contributed by atoms with Crippen LogP contribution in [0.4, 0.5) is 0 Å². The van der Waals surface area contributed by atoms with E-state index in [9.17, 15) is 0 Å². The molecule has 0 aromatic carbocycles. The minimum absolute atomic E-state index is 0.109. The lowest BCUT2D eigenvalue weighted by Crippen LogP contribution is -2.49. The first-order chi connectivity index (χ1) is 5.36. The van der Waals surface area contributed by atoms with Crippen LogP contribution in [0.5, 0.6) is 0 Å². The van der Waals surface area contributed by atoms with E-state index in [0.29, 0.717) is 5.04 Å². The summed E-state index contributed by atoms with van der Waals surface area (Å²) in [4.78, 5) is 0. The molecule has 0 radical (unpaired) electrons. The normalized spacial score (nSPS) is 21.8. The highest BCUT2D eigenvalue weighted by molar-refractivity contribution is 6.81. The Hall–Kier alpha value is 0.137. The van der Waals surface area contributed by atoms with Crippen molar-refractivity contribution in [2.45, 2.75) is 44.8 Å². The summed E-state index contributed by atoms with van der Waals surface area (Å²) in [5.41, 5.74) is 0. The van der Waals surface area contributed by atoms with Gasteiger partial charge in [-0.05, 0) is 5.04 Å². The van der Waals surface area contributed by atoms with Crippen molar-refractivity contribution in [1.82, 2.24) is 0 Å². The van der Waals surface area contributed by atoms with Crippen LogP contribution in [0.15, 0.2) is 0 Å². The predicted molar refractivity (Wildman–Crippen MR) is 52.9 cm³/mol. The van der Waals surface area contributed by atoms with E-state index in [-0.39, 0.29) is 5.91 Å². The first-order valence-electron chi connectivity index (χ1n) is 4.59. The third-order valence-electron chi connectivity index (χ3n) is 3.14. The van der Waals surface area contributed by atoms with Gasteiger partial charge in [-0.2, -0.15) is 0 Å². The van der Waals surface area contributed by atoms with Crippen molar-refractivity contribution in [2.75, 3.05) is 13.2 Å². The molecule has 72 valence electrons. The first kappa shape index (κ1) is 10.2. The Balaban J connectivity index is 2.69. The molecule has 0 amide bonds. The number of hydrogen-bond acceptors (Lipinski definition) is 2. The highest BCUT2D eigenvalue weighted by Gasteiger charge is 2.45. The molecule has 0 aliphatic carbocycles. The lowest BCUT2D eigenvalue weighted by molar-refractivity contribution is 0.0140. The molecule has 0 spiro atoms. The van der Waals surface area contributed by atoms with Crippen LogP contribution in [0.1, 0.15) is 20.8 Å². The largest absolute Gasteiger partial charge is 0.354 e. The van der Waals surface area contributed by atoms with Crippen molar-refractivity contribution in [3.63, 3.8) is 0 Å². The molecule has 0 N–H and O–H groups in total. The summed E-state index contributed by atoms with van der Waals surface area (Å²) in [6.07, 6.45) is 0. The molecule has 1 heterocycles. The lowest BCUT2D eigenvalue weighted by Gasteiger charge is -2.39. The molecule has 0 bridgehead atoms. The molecule has 12 heavy (non-hydrogen) atoms. The van der Waals surface area contributed by atoms with Gasteiger partial charge in [0.1, 0.15) is 14.0 Å². The van der Waals surface area contributed by atoms with Crippen LogP contribution in [-0.4, -0.2) is 27.2 Å². The second-order valence-electron chi connectivity index (χ2n) is 5.05. The molecule has 0 aromatic heterocycles. The molecule has 0 saturated carbocycles. The summed E-state index contributed by atoms with van der Waals surface area (Å²) in [5.74, 6) is 0.109. The van der Waals surface area contributed by atoms with Crippen molar-refractivity contribution in [3.8, 4) is 0 Å². The van der Waals surface area contributed by atoms with E-state index in [4.69, 9.17) is 9.47 Å². The molecule has 1 aliphatic heterocycles. The third-order valence-corrected chi connectivity index (χ3v) is 8.52. The van der Waals surface area contributed by atoms with Crippen LogP contribution in [0.25, 0.3) is 0 Å². The standard InChI is InChI=1S/C9H20O2Si/c1-9(2,3)12(4,5)8-10-6-7-11-8/h8H,6-7H2,1-5H3. The number of rotatable bonds is 1. The Bertz CT molecular complexity index is 154. The maximum Gasteiger partial charge on any atom is 0.141 e. The second kappa shape index (κ2) is 3.12. The fourth-order valence-electron chi connectivity index (χ4n) is 1.13. The maximum atomic E-state index is 5.58. The Morgan fingerprint density at radius 2 is 1.50 bits per heavy atom. The van der Waals surface area contributed by atoms with E-state index < -0.39 is 8.07 Å². The molecule has 0 unspecified atom stereocenters. The van der Waals surface area contributed by atoms with Crippen LogP contribution < -0.4 is 0 Å². The van der Waals surface area contributed by atoms with Crippen LogP contribution in [0.3, 0.4) is 0 Å². The van der Waals surface area contributed by atoms with Crippen molar-refractivity contribution in [3.05, 3.63) is 0 Å². The number of hydrogen-bond donors (Lipinski definition) is 0. The molecular weight excluding hydrogens is 168 g/mol. The maximum absolute atomic E-state index is 5.58. The molecule has 3 heteroatoms. The summed E-state index contributed by atoms with van der Waals surface area (Å²) in [6, 6.07) is 0. The van der Waals surface area contributed by atoms with E-state index in [0.717, 1.165) is 13.2 Å². The fraction of sp³-hybridized carbons (Fsp3) is 1.00. The summed E-state index contributed by atoms with van der Waals surface area (Å²) in [6.45, 7) is 13.1. The zero-order valence-electron chi connectivity index (χ0n) is 8.81. The van der Waals surface area contributed by atoms with Gasteiger partial charge >= 0.3 is 0 Å². The quantitative estimate of drug-likeness (QED) is 0.588. The van der Waals surface area contributed by atoms with Gasteiger partial charge in [-0.25, -0.2) is 0 Å². The van der Waals surface area contributed by atoms with Gasteiger partial charge in [0.2, 0.25) is 0 Å². The molecule has 1 fully saturated rings. The van der Waals surface area contributed by atoms with Gasteiger partial charge in [0.05, 0.1) is 13.2 Å². The Morgan fingerprint density at radius 3 is 1.83 bits per heavy atom. The van der Waals surface area contributed by atoms with Crippen molar-refractivity contribution < 1.29 is 9.47 Å². The van der Waals surface area contributed by atoms with E-state index in [1.165, 1.54) is 0 Å². The molecule has 1 rings (SSSR count). The Kier molecular flexibility index (Phi) is 2.66. The van der Waals surface area contributed by atoms with Gasteiger partial charge < -0.3 is 9.47 Å². The predicted octanol–water partition coefficient (Wildman–Crippen LogP) is 2.41. The van der Waals surface area contributed by atoms with E-state index in [1.807, 2.05) is 0 Å². The van der Waals surface area contributed by atoms with Crippen LogP contribution >= 0.6 is 0 Å². The molecule has 0 atom stereocenters. The molecular formula is C9H20O2Si. The number of ether oxygens (including phenoxy) is 2. The summed E-state index contributed by atoms with van der Waals surface area (Å²) < 4.78 is 11.2. The summed E-state index contributed by atoms with van der Waals surface area (Å²) in [7, 11) is -1.42. The molecule has 1 aliphatic rings. The average molecular weight is 188 g/mol. The first-order valence-corrected chi connectivity index (χ1v) is 7.66. The summed E-state index contributed by atoms with van der Waals surface area (Å²) >= 11 is 0. The zero-order chi connectivity index (χ0) is 9.41. The second-order valence-corrected chi connectivity index (χ2v) is 10.5. The van der Waals surface area contributed by atoms with E-state index in [1.54, 1.807) is 0 Å². The van der Waals surface area contributed by atoms with Gasteiger partial charge in [0, 0.05) is 0 Å². The monoisotopic (exact) mass is 188 g/mol. The molecule has 0 aromatic rings. The lowest BCUT2D eigenvalue weighted by atomic mass is 10.2. The van der Waals surface area contributed by atoms with E-state index >= 15 is 0 Å². The fourth-order valence-corrected chi connectivity index (χ4v) is 2.90. The van der Waals surface area contributed by atoms with Crippen LogP contribution in [0.2, 0.25) is 18.1 Å². The minimum atomic E-state index is -1.42. The molecule has 1 saturated heterocycles.